The predicted octanol–water partition coefficient (Wildman–Crippen LogP) is 2.81. The summed E-state index contributed by atoms with van der Waals surface area (Å²) in [5, 5.41) is 7.69. The third kappa shape index (κ3) is 3.06. The normalized spacial score (nSPS) is 10.5. The Hall–Kier alpha value is -2.88. The molecule has 0 amide bonds. The highest BCUT2D eigenvalue weighted by molar-refractivity contribution is 5.96. The van der Waals surface area contributed by atoms with Gasteiger partial charge in [0.05, 0.1) is 0 Å². The van der Waals surface area contributed by atoms with E-state index in [9.17, 15) is 0 Å². The number of rotatable bonds is 5. The molecule has 3 rings (SSSR count). The zero-order valence-corrected chi connectivity index (χ0v) is 12.2. The Bertz CT molecular complexity index is 775. The third-order valence-corrected chi connectivity index (χ3v) is 3.65. The van der Waals surface area contributed by atoms with Crippen LogP contribution in [0, 0.1) is 5.41 Å². The van der Waals surface area contributed by atoms with Crippen LogP contribution in [-0.4, -0.2) is 15.4 Å². The first-order chi connectivity index (χ1) is 10.7. The van der Waals surface area contributed by atoms with E-state index >= 15 is 0 Å². The van der Waals surface area contributed by atoms with Crippen molar-refractivity contribution in [1.82, 2.24) is 9.55 Å². The summed E-state index contributed by atoms with van der Waals surface area (Å²) in [4.78, 5) is 4.46. The van der Waals surface area contributed by atoms with Gasteiger partial charge in [0.15, 0.2) is 0 Å². The second-order valence-electron chi connectivity index (χ2n) is 5.20. The highest BCUT2D eigenvalue weighted by atomic mass is 15.1. The monoisotopic (exact) mass is 290 g/mol. The van der Waals surface area contributed by atoms with E-state index in [1.807, 2.05) is 54.9 Å². The van der Waals surface area contributed by atoms with Gasteiger partial charge < -0.3 is 10.3 Å². The Balaban J connectivity index is 1.86. The number of imidazole rings is 1. The summed E-state index contributed by atoms with van der Waals surface area (Å²) in [7, 11) is 0. The Morgan fingerprint density at radius 2 is 1.77 bits per heavy atom. The number of nitrogens with zero attached hydrogens (tertiary/aromatic N) is 2. The van der Waals surface area contributed by atoms with Crippen LogP contribution in [0.1, 0.15) is 22.5 Å². The maximum atomic E-state index is 7.69. The van der Waals surface area contributed by atoms with E-state index in [4.69, 9.17) is 11.1 Å². The molecule has 0 fully saturated rings. The lowest BCUT2D eigenvalue weighted by molar-refractivity contribution is 0.739. The average molecular weight is 290 g/mol. The van der Waals surface area contributed by atoms with Gasteiger partial charge in [-0.05, 0) is 11.1 Å². The number of nitrogens with two attached hydrogens (primary N) is 1. The molecule has 4 nitrogen and oxygen atoms in total. The number of hydrogen-bond acceptors (Lipinski definition) is 2. The average Bonchev–Trinajstić information content (AvgIpc) is 2.96. The fourth-order valence-electron chi connectivity index (χ4n) is 2.53. The zero-order valence-electron chi connectivity index (χ0n) is 12.2. The van der Waals surface area contributed by atoms with Gasteiger partial charge in [-0.15, -0.1) is 0 Å². The lowest BCUT2D eigenvalue weighted by Gasteiger charge is -2.11. The minimum atomic E-state index is 0.0975. The van der Waals surface area contributed by atoms with Crippen molar-refractivity contribution in [2.45, 2.75) is 13.0 Å². The van der Waals surface area contributed by atoms with Gasteiger partial charge >= 0.3 is 0 Å². The van der Waals surface area contributed by atoms with Gasteiger partial charge in [-0.25, -0.2) is 4.98 Å². The van der Waals surface area contributed by atoms with E-state index in [2.05, 4.69) is 21.7 Å². The van der Waals surface area contributed by atoms with Gasteiger partial charge in [0.2, 0.25) is 0 Å². The van der Waals surface area contributed by atoms with E-state index in [1.165, 1.54) is 5.56 Å². The van der Waals surface area contributed by atoms with E-state index in [1.54, 1.807) is 0 Å². The minimum absolute atomic E-state index is 0.0975. The van der Waals surface area contributed by atoms with Crippen molar-refractivity contribution >= 4 is 5.84 Å². The topological polar surface area (TPSA) is 67.7 Å². The predicted molar refractivity (Wildman–Crippen MR) is 88.0 cm³/mol. The molecule has 2 aromatic carbocycles. The van der Waals surface area contributed by atoms with Gasteiger partial charge in [-0.3, -0.25) is 5.41 Å². The zero-order chi connectivity index (χ0) is 15.4. The van der Waals surface area contributed by atoms with E-state index < -0.39 is 0 Å². The molecule has 3 aromatic rings. The van der Waals surface area contributed by atoms with Crippen molar-refractivity contribution in [3.63, 3.8) is 0 Å². The van der Waals surface area contributed by atoms with Crippen LogP contribution in [0.4, 0.5) is 0 Å². The van der Waals surface area contributed by atoms with Crippen molar-refractivity contribution in [2.75, 3.05) is 0 Å². The SMILES string of the molecule is N=C(N)c1ccccc1Cn1ccnc1Cc1ccccc1. The van der Waals surface area contributed by atoms with E-state index in [0.717, 1.165) is 23.4 Å². The molecule has 0 saturated carbocycles. The van der Waals surface area contributed by atoms with Gasteiger partial charge in [0.1, 0.15) is 11.7 Å². The molecule has 1 heterocycles. The first-order valence-electron chi connectivity index (χ1n) is 7.20. The van der Waals surface area contributed by atoms with Crippen molar-refractivity contribution < 1.29 is 0 Å². The van der Waals surface area contributed by atoms with Crippen molar-refractivity contribution in [3.05, 3.63) is 89.5 Å². The highest BCUT2D eigenvalue weighted by Crippen LogP contribution is 2.13. The summed E-state index contributed by atoms with van der Waals surface area (Å²) >= 11 is 0. The fraction of sp³-hybridized carbons (Fsp3) is 0.111. The van der Waals surface area contributed by atoms with Crippen molar-refractivity contribution in [2.24, 2.45) is 5.73 Å². The molecule has 0 unspecified atom stereocenters. The molecular formula is C18H18N4. The molecular weight excluding hydrogens is 272 g/mol. The molecule has 0 aliphatic rings. The van der Waals surface area contributed by atoms with Gasteiger partial charge in [-0.2, -0.15) is 0 Å². The van der Waals surface area contributed by atoms with Crippen LogP contribution in [0.2, 0.25) is 0 Å². The van der Waals surface area contributed by atoms with Crippen LogP contribution in [0.25, 0.3) is 0 Å². The number of benzene rings is 2. The first-order valence-corrected chi connectivity index (χ1v) is 7.20. The van der Waals surface area contributed by atoms with E-state index in [0.29, 0.717) is 6.54 Å². The van der Waals surface area contributed by atoms with Crippen LogP contribution in [0.3, 0.4) is 0 Å². The maximum absolute atomic E-state index is 7.69. The number of nitrogen functional groups attached to an aromatic ring is 1. The summed E-state index contributed by atoms with van der Waals surface area (Å²) < 4.78 is 2.11. The summed E-state index contributed by atoms with van der Waals surface area (Å²) in [6.45, 7) is 0.665. The Kier molecular flexibility index (Phi) is 4.01. The molecule has 0 aliphatic carbocycles. The lowest BCUT2D eigenvalue weighted by atomic mass is 10.1. The standard InChI is InChI=1S/C18H18N4/c19-18(20)16-9-5-4-8-15(16)13-22-11-10-21-17(22)12-14-6-2-1-3-7-14/h1-11H,12-13H2,(H3,19,20). The number of amidine groups is 1. The molecule has 22 heavy (non-hydrogen) atoms. The number of nitrogens with one attached hydrogen (secondary N) is 1. The molecule has 0 atom stereocenters. The minimum Gasteiger partial charge on any atom is -0.384 e. The largest absolute Gasteiger partial charge is 0.384 e. The van der Waals surface area contributed by atoms with Crippen molar-refractivity contribution in [1.29, 1.82) is 5.41 Å². The summed E-state index contributed by atoms with van der Waals surface area (Å²) in [5.74, 6) is 1.10. The van der Waals surface area contributed by atoms with Crippen molar-refractivity contribution in [3.8, 4) is 0 Å². The molecule has 3 N–H and O–H groups in total. The molecule has 0 saturated heterocycles. The quantitative estimate of drug-likeness (QED) is 0.560. The molecule has 0 radical (unpaired) electrons. The second kappa shape index (κ2) is 6.26. The number of aromatic nitrogens is 2. The fourth-order valence-corrected chi connectivity index (χ4v) is 2.53. The molecule has 0 aliphatic heterocycles. The lowest BCUT2D eigenvalue weighted by Crippen LogP contribution is -2.15. The maximum Gasteiger partial charge on any atom is 0.123 e. The summed E-state index contributed by atoms with van der Waals surface area (Å²) in [6.07, 6.45) is 4.57. The molecule has 0 spiro atoms. The smallest absolute Gasteiger partial charge is 0.123 e. The second-order valence-corrected chi connectivity index (χ2v) is 5.20. The molecule has 4 heteroatoms. The molecule has 110 valence electrons. The van der Waals surface area contributed by atoms with Gasteiger partial charge in [0.25, 0.3) is 0 Å². The van der Waals surface area contributed by atoms with Crippen LogP contribution >= 0.6 is 0 Å². The Morgan fingerprint density at radius 3 is 2.55 bits per heavy atom. The first kappa shape index (κ1) is 14.1. The summed E-state index contributed by atoms with van der Waals surface area (Å²) in [6, 6.07) is 18.0. The highest BCUT2D eigenvalue weighted by Gasteiger charge is 2.08. The third-order valence-electron chi connectivity index (χ3n) is 3.65. The van der Waals surface area contributed by atoms with Crippen LogP contribution < -0.4 is 5.73 Å². The molecule has 0 bridgehead atoms. The number of hydrogen-bond donors (Lipinski definition) is 2. The molecule has 1 aromatic heterocycles. The van der Waals surface area contributed by atoms with E-state index in [-0.39, 0.29) is 5.84 Å². The van der Waals surface area contributed by atoms with Crippen LogP contribution in [-0.2, 0) is 13.0 Å². The van der Waals surface area contributed by atoms with Gasteiger partial charge in [-0.1, -0.05) is 54.6 Å². The van der Waals surface area contributed by atoms with Crippen LogP contribution in [0.15, 0.2) is 67.0 Å². The summed E-state index contributed by atoms with van der Waals surface area (Å²) in [5.41, 5.74) is 8.70. The Labute approximate surface area is 129 Å². The van der Waals surface area contributed by atoms with Gasteiger partial charge in [0, 0.05) is 30.9 Å². The van der Waals surface area contributed by atoms with Crippen LogP contribution in [0.5, 0.6) is 0 Å². The Morgan fingerprint density at radius 1 is 1.05 bits per heavy atom.